The van der Waals surface area contributed by atoms with Crippen LogP contribution in [-0.4, -0.2) is 6.61 Å². The molecule has 0 unspecified atom stereocenters. The predicted molar refractivity (Wildman–Crippen MR) is 115 cm³/mol. The normalized spacial score (nSPS) is 11.8. The number of hydrogen-bond donors (Lipinski definition) is 1. The number of halogens is 1. The first kappa shape index (κ1) is 20.2. The van der Waals surface area contributed by atoms with Crippen LogP contribution in [0.3, 0.4) is 0 Å². The summed E-state index contributed by atoms with van der Waals surface area (Å²) in [6.07, 6.45) is 0. The fourth-order valence-corrected chi connectivity index (χ4v) is 3.12. The molecule has 0 spiro atoms. The van der Waals surface area contributed by atoms with Crippen LogP contribution in [0, 0.1) is 0 Å². The Kier molecular flexibility index (Phi) is 7.35. The molecule has 0 bridgehead atoms. The molecular formula is C24H26ClNO2. The summed E-state index contributed by atoms with van der Waals surface area (Å²) < 4.78 is 12.0. The summed E-state index contributed by atoms with van der Waals surface area (Å²) in [7, 11) is 0. The lowest BCUT2D eigenvalue weighted by Crippen LogP contribution is -2.18. The summed E-state index contributed by atoms with van der Waals surface area (Å²) in [5.41, 5.74) is 3.39. The van der Waals surface area contributed by atoms with E-state index in [4.69, 9.17) is 21.1 Å². The molecule has 0 aliphatic rings. The Balaban J connectivity index is 1.74. The van der Waals surface area contributed by atoms with Gasteiger partial charge < -0.3 is 14.8 Å². The highest BCUT2D eigenvalue weighted by Crippen LogP contribution is 2.32. The van der Waals surface area contributed by atoms with Crippen molar-refractivity contribution < 1.29 is 9.47 Å². The molecule has 3 aromatic carbocycles. The standard InChI is InChI=1S/C24H26ClNO2/c1-3-27-23-11-7-10-21(16-26-18(2)20-8-5-4-6-9-20)24(23)28-17-19-12-14-22(25)15-13-19/h4-15,18,26H,3,16-17H2,1-2H3/t18-/m1/s1. The zero-order valence-electron chi connectivity index (χ0n) is 16.3. The summed E-state index contributed by atoms with van der Waals surface area (Å²) in [6.45, 7) is 5.88. The average molecular weight is 396 g/mol. The van der Waals surface area contributed by atoms with Crippen molar-refractivity contribution in [1.82, 2.24) is 5.32 Å². The Labute approximate surface area is 172 Å². The van der Waals surface area contributed by atoms with Crippen LogP contribution in [0.15, 0.2) is 72.8 Å². The highest BCUT2D eigenvalue weighted by molar-refractivity contribution is 6.30. The summed E-state index contributed by atoms with van der Waals surface area (Å²) in [4.78, 5) is 0. The van der Waals surface area contributed by atoms with Gasteiger partial charge >= 0.3 is 0 Å². The molecule has 0 aliphatic carbocycles. The maximum absolute atomic E-state index is 6.18. The molecule has 3 nitrogen and oxygen atoms in total. The van der Waals surface area contributed by atoms with Crippen molar-refractivity contribution in [3.8, 4) is 11.5 Å². The number of hydrogen-bond acceptors (Lipinski definition) is 3. The molecule has 1 atom stereocenters. The predicted octanol–water partition coefficient (Wildman–Crippen LogP) is 6.17. The number of benzene rings is 3. The monoisotopic (exact) mass is 395 g/mol. The third-order valence-corrected chi connectivity index (χ3v) is 4.81. The maximum Gasteiger partial charge on any atom is 0.166 e. The Bertz CT molecular complexity index is 866. The Morgan fingerprint density at radius 3 is 2.36 bits per heavy atom. The zero-order valence-corrected chi connectivity index (χ0v) is 17.1. The first-order valence-electron chi connectivity index (χ1n) is 9.57. The van der Waals surface area contributed by atoms with Crippen molar-refractivity contribution >= 4 is 11.6 Å². The second-order valence-electron chi connectivity index (χ2n) is 6.61. The number of nitrogens with one attached hydrogen (secondary N) is 1. The molecular weight excluding hydrogens is 370 g/mol. The number of ether oxygens (including phenoxy) is 2. The van der Waals surface area contributed by atoms with Crippen molar-refractivity contribution in [3.05, 3.63) is 94.5 Å². The van der Waals surface area contributed by atoms with Gasteiger partial charge in [-0.25, -0.2) is 0 Å². The highest BCUT2D eigenvalue weighted by atomic mass is 35.5. The molecule has 3 rings (SSSR count). The van der Waals surface area contributed by atoms with E-state index in [0.717, 1.165) is 27.6 Å². The third kappa shape index (κ3) is 5.51. The Hall–Kier alpha value is -2.49. The van der Waals surface area contributed by atoms with E-state index in [1.165, 1.54) is 5.56 Å². The van der Waals surface area contributed by atoms with Gasteiger partial charge in [0.05, 0.1) is 6.61 Å². The average Bonchev–Trinajstić information content (AvgIpc) is 2.73. The maximum atomic E-state index is 6.18. The smallest absolute Gasteiger partial charge is 0.166 e. The van der Waals surface area contributed by atoms with Gasteiger partial charge in [0.2, 0.25) is 0 Å². The van der Waals surface area contributed by atoms with Crippen LogP contribution in [0.25, 0.3) is 0 Å². The van der Waals surface area contributed by atoms with Gasteiger partial charge in [0, 0.05) is 23.2 Å². The molecule has 4 heteroatoms. The fraction of sp³-hybridized carbons (Fsp3) is 0.250. The van der Waals surface area contributed by atoms with Gasteiger partial charge in [-0.2, -0.15) is 0 Å². The summed E-state index contributed by atoms with van der Waals surface area (Å²) >= 11 is 5.97. The summed E-state index contributed by atoms with van der Waals surface area (Å²) in [6, 6.07) is 24.4. The van der Waals surface area contributed by atoms with Crippen molar-refractivity contribution in [2.45, 2.75) is 33.0 Å². The second-order valence-corrected chi connectivity index (χ2v) is 7.04. The van der Waals surface area contributed by atoms with Gasteiger partial charge in [0.25, 0.3) is 0 Å². The highest BCUT2D eigenvalue weighted by Gasteiger charge is 2.13. The molecule has 0 amide bonds. The molecule has 28 heavy (non-hydrogen) atoms. The lowest BCUT2D eigenvalue weighted by atomic mass is 10.1. The van der Waals surface area contributed by atoms with Crippen LogP contribution in [-0.2, 0) is 13.2 Å². The van der Waals surface area contributed by atoms with E-state index in [2.05, 4.69) is 42.6 Å². The fourth-order valence-electron chi connectivity index (χ4n) is 2.99. The zero-order chi connectivity index (χ0) is 19.8. The van der Waals surface area contributed by atoms with Crippen molar-refractivity contribution in [3.63, 3.8) is 0 Å². The largest absolute Gasteiger partial charge is 0.490 e. The van der Waals surface area contributed by atoms with Crippen LogP contribution >= 0.6 is 11.6 Å². The van der Waals surface area contributed by atoms with Gasteiger partial charge in [-0.1, -0.05) is 66.2 Å². The van der Waals surface area contributed by atoms with E-state index >= 15 is 0 Å². The van der Waals surface area contributed by atoms with Gasteiger partial charge in [-0.3, -0.25) is 0 Å². The minimum absolute atomic E-state index is 0.237. The van der Waals surface area contributed by atoms with E-state index in [1.807, 2.05) is 49.4 Å². The SMILES string of the molecule is CCOc1cccc(CN[C@H](C)c2ccccc2)c1OCc1ccc(Cl)cc1. The molecule has 0 fully saturated rings. The van der Waals surface area contributed by atoms with Gasteiger partial charge in [0.1, 0.15) is 6.61 Å². The van der Waals surface area contributed by atoms with E-state index in [9.17, 15) is 0 Å². The van der Waals surface area contributed by atoms with Crippen LogP contribution in [0.5, 0.6) is 11.5 Å². The topological polar surface area (TPSA) is 30.5 Å². The van der Waals surface area contributed by atoms with E-state index < -0.39 is 0 Å². The number of para-hydroxylation sites is 1. The van der Waals surface area contributed by atoms with Crippen molar-refractivity contribution in [1.29, 1.82) is 0 Å². The molecule has 0 saturated carbocycles. The molecule has 146 valence electrons. The minimum Gasteiger partial charge on any atom is -0.490 e. The van der Waals surface area contributed by atoms with Crippen LogP contribution in [0.4, 0.5) is 0 Å². The third-order valence-electron chi connectivity index (χ3n) is 4.55. The summed E-state index contributed by atoms with van der Waals surface area (Å²) in [5.74, 6) is 1.55. The molecule has 0 radical (unpaired) electrons. The van der Waals surface area contributed by atoms with Crippen molar-refractivity contribution in [2.24, 2.45) is 0 Å². The lowest BCUT2D eigenvalue weighted by Gasteiger charge is -2.19. The molecule has 0 saturated heterocycles. The molecule has 1 N–H and O–H groups in total. The van der Waals surface area contributed by atoms with Crippen molar-refractivity contribution in [2.75, 3.05) is 6.61 Å². The van der Waals surface area contributed by atoms with Gasteiger partial charge in [0.15, 0.2) is 11.5 Å². The molecule has 0 aliphatic heterocycles. The molecule has 0 heterocycles. The first-order valence-corrected chi connectivity index (χ1v) is 9.95. The van der Waals surface area contributed by atoms with Gasteiger partial charge in [-0.15, -0.1) is 0 Å². The first-order chi connectivity index (χ1) is 13.7. The second kappa shape index (κ2) is 10.2. The molecule has 3 aromatic rings. The van der Waals surface area contributed by atoms with E-state index in [-0.39, 0.29) is 6.04 Å². The quantitative estimate of drug-likeness (QED) is 0.470. The minimum atomic E-state index is 0.237. The number of rotatable bonds is 9. The van der Waals surface area contributed by atoms with E-state index in [0.29, 0.717) is 19.8 Å². The lowest BCUT2D eigenvalue weighted by molar-refractivity contribution is 0.266. The molecule has 0 aromatic heterocycles. The van der Waals surface area contributed by atoms with E-state index in [1.54, 1.807) is 0 Å². The van der Waals surface area contributed by atoms with Crippen LogP contribution in [0.2, 0.25) is 5.02 Å². The Morgan fingerprint density at radius 1 is 0.893 bits per heavy atom. The van der Waals surface area contributed by atoms with Crippen LogP contribution in [0.1, 0.15) is 36.6 Å². The van der Waals surface area contributed by atoms with Gasteiger partial charge in [-0.05, 0) is 43.2 Å². The summed E-state index contributed by atoms with van der Waals surface area (Å²) in [5, 5.41) is 4.30. The van der Waals surface area contributed by atoms with Crippen LogP contribution < -0.4 is 14.8 Å². The Morgan fingerprint density at radius 2 is 1.64 bits per heavy atom.